The Hall–Kier alpha value is -0.550. The van der Waals surface area contributed by atoms with E-state index < -0.39 is 11.1 Å². The monoisotopic (exact) mass is 263 g/mol. The summed E-state index contributed by atoms with van der Waals surface area (Å²) < 4.78 is 37.7. The van der Waals surface area contributed by atoms with Crippen LogP contribution in [0, 0.1) is 0 Å². The van der Waals surface area contributed by atoms with Gasteiger partial charge in [0.05, 0.1) is 0 Å². The molecular weight excluding hydrogens is 247 g/mol. The minimum atomic E-state index is -4.23. The third kappa shape index (κ3) is 2.50. The van der Waals surface area contributed by atoms with E-state index in [0.29, 0.717) is 6.54 Å². The lowest BCUT2D eigenvalue weighted by Crippen LogP contribution is -2.36. The third-order valence-electron chi connectivity index (χ3n) is 3.61. The first-order valence-electron chi connectivity index (χ1n) is 5.85. The quantitative estimate of drug-likeness (QED) is 0.859. The van der Waals surface area contributed by atoms with Crippen LogP contribution in [0.4, 0.5) is 13.2 Å². The number of thiophene rings is 1. The second-order valence-corrected chi connectivity index (χ2v) is 5.79. The molecular formula is C12H16F3NS. The van der Waals surface area contributed by atoms with Gasteiger partial charge in [0.25, 0.3) is 0 Å². The standard InChI is InChI=1S/C12H16F3NS/c13-12(14,15)10-5-4-9(17-10)11(8-16)6-2-1-3-7-11/h4-5H,1-3,6-8,16H2. The third-order valence-corrected chi connectivity index (χ3v) is 4.99. The summed E-state index contributed by atoms with van der Waals surface area (Å²) in [6.07, 6.45) is 0.905. The predicted octanol–water partition coefficient (Wildman–Crippen LogP) is 3.93. The average molecular weight is 263 g/mol. The zero-order chi connectivity index (χ0) is 12.5. The van der Waals surface area contributed by atoms with Crippen molar-refractivity contribution in [2.24, 2.45) is 5.73 Å². The Balaban J connectivity index is 2.28. The molecule has 1 nitrogen and oxygen atoms in total. The van der Waals surface area contributed by atoms with Crippen LogP contribution in [0.2, 0.25) is 0 Å². The van der Waals surface area contributed by atoms with Gasteiger partial charge in [0.15, 0.2) is 0 Å². The van der Waals surface area contributed by atoms with Crippen molar-refractivity contribution >= 4 is 11.3 Å². The van der Waals surface area contributed by atoms with Gasteiger partial charge in [0.1, 0.15) is 4.88 Å². The van der Waals surface area contributed by atoms with Crippen LogP contribution in [-0.2, 0) is 11.6 Å². The first kappa shape index (κ1) is 12.9. The van der Waals surface area contributed by atoms with Gasteiger partial charge in [-0.3, -0.25) is 0 Å². The van der Waals surface area contributed by atoms with Gasteiger partial charge in [0, 0.05) is 16.8 Å². The minimum Gasteiger partial charge on any atom is -0.330 e. The van der Waals surface area contributed by atoms with Crippen LogP contribution < -0.4 is 5.73 Å². The van der Waals surface area contributed by atoms with E-state index in [-0.39, 0.29) is 5.41 Å². The molecule has 1 aromatic rings. The van der Waals surface area contributed by atoms with E-state index in [0.717, 1.165) is 41.9 Å². The topological polar surface area (TPSA) is 26.0 Å². The molecule has 0 amide bonds. The van der Waals surface area contributed by atoms with E-state index >= 15 is 0 Å². The fourth-order valence-electron chi connectivity index (χ4n) is 2.55. The highest BCUT2D eigenvalue weighted by molar-refractivity contribution is 7.12. The fraction of sp³-hybridized carbons (Fsp3) is 0.667. The van der Waals surface area contributed by atoms with Crippen molar-refractivity contribution in [2.75, 3.05) is 6.54 Å². The molecule has 0 bridgehead atoms. The molecule has 5 heteroatoms. The molecule has 1 aliphatic rings. The largest absolute Gasteiger partial charge is 0.425 e. The second-order valence-electron chi connectivity index (χ2n) is 4.71. The van der Waals surface area contributed by atoms with Crippen molar-refractivity contribution in [2.45, 2.75) is 43.7 Å². The zero-order valence-corrected chi connectivity index (χ0v) is 10.3. The van der Waals surface area contributed by atoms with E-state index in [1.165, 1.54) is 12.5 Å². The summed E-state index contributed by atoms with van der Waals surface area (Å²) in [5.74, 6) is 0. The van der Waals surface area contributed by atoms with E-state index in [1.54, 1.807) is 6.07 Å². The second kappa shape index (κ2) is 4.61. The van der Waals surface area contributed by atoms with Crippen molar-refractivity contribution in [1.82, 2.24) is 0 Å². The van der Waals surface area contributed by atoms with Crippen LogP contribution in [0.15, 0.2) is 12.1 Å². The Kier molecular flexibility index (Phi) is 3.50. The lowest BCUT2D eigenvalue weighted by Gasteiger charge is -2.35. The highest BCUT2D eigenvalue weighted by Gasteiger charge is 2.38. The number of nitrogens with two attached hydrogens (primary N) is 1. The lowest BCUT2D eigenvalue weighted by molar-refractivity contribution is -0.134. The van der Waals surface area contributed by atoms with Crippen LogP contribution in [0.1, 0.15) is 41.9 Å². The van der Waals surface area contributed by atoms with Gasteiger partial charge in [-0.2, -0.15) is 13.2 Å². The molecule has 17 heavy (non-hydrogen) atoms. The van der Waals surface area contributed by atoms with Gasteiger partial charge in [-0.25, -0.2) is 0 Å². The molecule has 0 aromatic carbocycles. The first-order chi connectivity index (χ1) is 7.98. The molecule has 0 unspecified atom stereocenters. The molecule has 1 aliphatic carbocycles. The smallest absolute Gasteiger partial charge is 0.330 e. The first-order valence-corrected chi connectivity index (χ1v) is 6.67. The normalized spacial score (nSPS) is 20.5. The van der Waals surface area contributed by atoms with E-state index in [2.05, 4.69) is 0 Å². The molecule has 0 aliphatic heterocycles. The predicted molar refractivity (Wildman–Crippen MR) is 63.1 cm³/mol. The van der Waals surface area contributed by atoms with Gasteiger partial charge in [-0.1, -0.05) is 19.3 Å². The summed E-state index contributed by atoms with van der Waals surface area (Å²) in [5, 5.41) is 0. The van der Waals surface area contributed by atoms with Crippen molar-refractivity contribution in [3.63, 3.8) is 0 Å². The summed E-state index contributed by atoms with van der Waals surface area (Å²) in [5.41, 5.74) is 5.61. The molecule has 1 fully saturated rings. The number of alkyl halides is 3. The van der Waals surface area contributed by atoms with E-state index in [9.17, 15) is 13.2 Å². The lowest BCUT2D eigenvalue weighted by atomic mass is 9.73. The van der Waals surface area contributed by atoms with Crippen molar-refractivity contribution in [1.29, 1.82) is 0 Å². The Labute approximate surface area is 103 Å². The van der Waals surface area contributed by atoms with Crippen LogP contribution in [0.25, 0.3) is 0 Å². The molecule has 0 radical (unpaired) electrons. The highest BCUT2D eigenvalue weighted by atomic mass is 32.1. The molecule has 0 saturated heterocycles. The Morgan fingerprint density at radius 3 is 2.29 bits per heavy atom. The van der Waals surface area contributed by atoms with Crippen LogP contribution >= 0.6 is 11.3 Å². The maximum Gasteiger partial charge on any atom is 0.425 e. The molecule has 1 heterocycles. The molecule has 1 saturated carbocycles. The molecule has 2 rings (SSSR count). The molecule has 0 spiro atoms. The summed E-state index contributed by atoms with van der Waals surface area (Å²) in [6, 6.07) is 2.80. The number of hydrogen-bond acceptors (Lipinski definition) is 2. The summed E-state index contributed by atoms with van der Waals surface area (Å²) in [7, 11) is 0. The molecule has 96 valence electrons. The van der Waals surface area contributed by atoms with Gasteiger partial charge < -0.3 is 5.73 Å². The summed E-state index contributed by atoms with van der Waals surface area (Å²) >= 11 is 0.865. The maximum atomic E-state index is 12.6. The van der Waals surface area contributed by atoms with Gasteiger partial charge in [0.2, 0.25) is 0 Å². The van der Waals surface area contributed by atoms with Crippen LogP contribution in [0.5, 0.6) is 0 Å². The van der Waals surface area contributed by atoms with Crippen molar-refractivity contribution in [3.05, 3.63) is 21.9 Å². The summed E-state index contributed by atoms with van der Waals surface area (Å²) in [6.45, 7) is 0.449. The molecule has 2 N–H and O–H groups in total. The Morgan fingerprint density at radius 1 is 1.18 bits per heavy atom. The van der Waals surface area contributed by atoms with Crippen LogP contribution in [0.3, 0.4) is 0 Å². The fourth-order valence-corrected chi connectivity index (χ4v) is 3.68. The molecule has 0 atom stereocenters. The number of rotatable bonds is 2. The SMILES string of the molecule is NCC1(c2ccc(C(F)(F)F)s2)CCCCC1. The van der Waals surface area contributed by atoms with E-state index in [1.807, 2.05) is 0 Å². The number of hydrogen-bond donors (Lipinski definition) is 1. The molecule has 1 aromatic heterocycles. The average Bonchev–Trinajstić information content (AvgIpc) is 2.79. The van der Waals surface area contributed by atoms with Gasteiger partial charge in [-0.15, -0.1) is 11.3 Å². The highest BCUT2D eigenvalue weighted by Crippen LogP contribution is 2.44. The van der Waals surface area contributed by atoms with Crippen molar-refractivity contribution in [3.8, 4) is 0 Å². The Morgan fingerprint density at radius 2 is 1.82 bits per heavy atom. The van der Waals surface area contributed by atoms with Crippen LogP contribution in [-0.4, -0.2) is 6.54 Å². The zero-order valence-electron chi connectivity index (χ0n) is 9.52. The number of halogens is 3. The minimum absolute atomic E-state index is 0.202. The van der Waals surface area contributed by atoms with Crippen molar-refractivity contribution < 1.29 is 13.2 Å². The van der Waals surface area contributed by atoms with E-state index in [4.69, 9.17) is 5.73 Å². The summed E-state index contributed by atoms with van der Waals surface area (Å²) in [4.78, 5) is 0.304. The maximum absolute atomic E-state index is 12.6. The van der Waals surface area contributed by atoms with Gasteiger partial charge >= 0.3 is 6.18 Å². The Bertz CT molecular complexity index is 377. The van der Waals surface area contributed by atoms with Gasteiger partial charge in [-0.05, 0) is 25.0 Å².